The monoisotopic (exact) mass is 411 g/mol. The summed E-state index contributed by atoms with van der Waals surface area (Å²) in [6, 6.07) is 10.5. The van der Waals surface area contributed by atoms with Crippen LogP contribution in [0.25, 0.3) is 0 Å². The molecular weight excluding hydrogens is 390 g/mol. The zero-order chi connectivity index (χ0) is 20.8. The predicted molar refractivity (Wildman–Crippen MR) is 111 cm³/mol. The second kappa shape index (κ2) is 7.19. The summed E-state index contributed by atoms with van der Waals surface area (Å²) in [5.41, 5.74) is 3.48. The summed E-state index contributed by atoms with van der Waals surface area (Å²) in [6.45, 7) is 3.18. The van der Waals surface area contributed by atoms with Crippen LogP contribution in [-0.2, 0) is 28.0 Å². The summed E-state index contributed by atoms with van der Waals surface area (Å²) in [6.07, 6.45) is 3.12. The lowest BCUT2D eigenvalue weighted by Gasteiger charge is -2.23. The second-order valence-electron chi connectivity index (χ2n) is 7.80. The molecule has 0 spiro atoms. The van der Waals surface area contributed by atoms with E-state index in [4.69, 9.17) is 11.6 Å². The molecule has 0 unspecified atom stereocenters. The summed E-state index contributed by atoms with van der Waals surface area (Å²) < 4.78 is 0. The van der Waals surface area contributed by atoms with Gasteiger partial charge in [-0.1, -0.05) is 35.9 Å². The minimum absolute atomic E-state index is 0.364. The fraction of sp³-hybridized carbons (Fsp3) is 0.318. The van der Waals surface area contributed by atoms with Crippen LogP contribution >= 0.6 is 11.6 Å². The first-order valence-corrected chi connectivity index (χ1v) is 9.98. The van der Waals surface area contributed by atoms with Crippen LogP contribution in [0.5, 0.6) is 0 Å². The summed E-state index contributed by atoms with van der Waals surface area (Å²) in [5, 5.41) is 5.97. The number of aryl methyl sites for hydroxylation is 3. The minimum Gasteiger partial charge on any atom is -0.324 e. The Labute approximate surface area is 174 Å². The number of hydrogen-bond acceptors (Lipinski definition) is 3. The van der Waals surface area contributed by atoms with E-state index in [1.807, 2.05) is 25.1 Å². The van der Waals surface area contributed by atoms with E-state index in [9.17, 15) is 14.4 Å². The van der Waals surface area contributed by atoms with E-state index in [0.29, 0.717) is 10.7 Å². The lowest BCUT2D eigenvalue weighted by Crippen LogP contribution is -2.42. The Morgan fingerprint density at radius 1 is 1.17 bits per heavy atom. The highest BCUT2D eigenvalue weighted by atomic mass is 35.5. The summed E-state index contributed by atoms with van der Waals surface area (Å²) in [4.78, 5) is 38.9. The van der Waals surface area contributed by atoms with Crippen LogP contribution in [0.1, 0.15) is 35.6 Å². The van der Waals surface area contributed by atoms with Gasteiger partial charge in [-0.25, -0.2) is 4.79 Å². The maximum atomic E-state index is 13.1. The van der Waals surface area contributed by atoms with Crippen molar-refractivity contribution in [2.75, 3.05) is 11.9 Å². The number of rotatable bonds is 4. The molecule has 29 heavy (non-hydrogen) atoms. The summed E-state index contributed by atoms with van der Waals surface area (Å²) in [5.74, 6) is -0.899. The van der Waals surface area contributed by atoms with Gasteiger partial charge in [0.1, 0.15) is 12.1 Å². The van der Waals surface area contributed by atoms with Gasteiger partial charge in [0.15, 0.2) is 0 Å². The number of nitrogens with one attached hydrogen (secondary N) is 2. The Balaban J connectivity index is 1.50. The number of hydrogen-bond donors (Lipinski definition) is 2. The van der Waals surface area contributed by atoms with Gasteiger partial charge in [0.05, 0.1) is 0 Å². The largest absolute Gasteiger partial charge is 0.325 e. The molecule has 1 fully saturated rings. The third kappa shape index (κ3) is 3.49. The number of fused-ring (bicyclic) bond motifs is 1. The molecule has 0 saturated carbocycles. The molecule has 2 aromatic rings. The van der Waals surface area contributed by atoms with Crippen molar-refractivity contribution in [3.63, 3.8) is 0 Å². The average Bonchev–Trinajstić information content (AvgIpc) is 3.23. The SMILES string of the molecule is Cc1ccc(NC(=O)CN2C(=O)N[C@@](C)(c3ccc4c(c3)CCC4)C2=O)cc1Cl. The molecule has 4 amide bonds. The van der Waals surface area contributed by atoms with Gasteiger partial charge >= 0.3 is 6.03 Å². The highest BCUT2D eigenvalue weighted by Crippen LogP contribution is 2.32. The summed E-state index contributed by atoms with van der Waals surface area (Å²) >= 11 is 6.08. The lowest BCUT2D eigenvalue weighted by molar-refractivity contribution is -0.133. The average molecular weight is 412 g/mol. The molecule has 7 heteroatoms. The maximum absolute atomic E-state index is 13.1. The first kappa shape index (κ1) is 19.5. The van der Waals surface area contributed by atoms with Crippen LogP contribution in [0.15, 0.2) is 36.4 Å². The molecule has 2 aromatic carbocycles. The third-order valence-corrected chi connectivity index (χ3v) is 6.12. The van der Waals surface area contributed by atoms with Gasteiger partial charge in [-0.05, 0) is 67.5 Å². The molecule has 0 bridgehead atoms. The fourth-order valence-electron chi connectivity index (χ4n) is 3.93. The van der Waals surface area contributed by atoms with Gasteiger partial charge in [-0.3, -0.25) is 14.5 Å². The minimum atomic E-state index is -1.18. The number of carbonyl (C=O) groups is 3. The molecule has 6 nitrogen and oxygen atoms in total. The standard InChI is InChI=1S/C22H22ClN3O3/c1-13-6-9-17(11-18(13)23)24-19(27)12-26-20(28)22(2,25-21(26)29)16-8-7-14-4-3-5-15(14)10-16/h6-11H,3-5,12H2,1-2H3,(H,24,27)(H,25,29)/t22-/m0/s1. The first-order chi connectivity index (χ1) is 13.8. The van der Waals surface area contributed by atoms with Gasteiger partial charge in [-0.2, -0.15) is 0 Å². The van der Waals surface area contributed by atoms with E-state index < -0.39 is 23.4 Å². The lowest BCUT2D eigenvalue weighted by atomic mass is 9.89. The van der Waals surface area contributed by atoms with Crippen molar-refractivity contribution in [3.8, 4) is 0 Å². The molecule has 4 rings (SSSR count). The van der Waals surface area contributed by atoms with Gasteiger partial charge in [0, 0.05) is 10.7 Å². The Morgan fingerprint density at radius 2 is 1.93 bits per heavy atom. The highest BCUT2D eigenvalue weighted by molar-refractivity contribution is 6.31. The fourth-order valence-corrected chi connectivity index (χ4v) is 4.11. The van der Waals surface area contributed by atoms with Crippen molar-refractivity contribution in [1.82, 2.24) is 10.2 Å². The van der Waals surface area contributed by atoms with Crippen LogP contribution < -0.4 is 10.6 Å². The van der Waals surface area contributed by atoms with Crippen LogP contribution in [-0.4, -0.2) is 29.3 Å². The Kier molecular flexibility index (Phi) is 4.82. The first-order valence-electron chi connectivity index (χ1n) is 9.60. The van der Waals surface area contributed by atoms with Crippen LogP contribution in [0.3, 0.4) is 0 Å². The van der Waals surface area contributed by atoms with Gasteiger partial charge in [-0.15, -0.1) is 0 Å². The van der Waals surface area contributed by atoms with E-state index in [1.165, 1.54) is 11.1 Å². The Hall–Kier alpha value is -2.86. The number of nitrogens with zero attached hydrogens (tertiary/aromatic N) is 1. The number of anilines is 1. The smallest absolute Gasteiger partial charge is 0.324 e. The van der Waals surface area contributed by atoms with Crippen molar-refractivity contribution in [1.29, 1.82) is 0 Å². The van der Waals surface area contributed by atoms with Crippen LogP contribution in [0.2, 0.25) is 5.02 Å². The maximum Gasteiger partial charge on any atom is 0.325 e. The van der Waals surface area contributed by atoms with Crippen molar-refractivity contribution in [3.05, 3.63) is 63.7 Å². The molecule has 1 saturated heterocycles. The van der Waals surface area contributed by atoms with Crippen molar-refractivity contribution < 1.29 is 14.4 Å². The predicted octanol–water partition coefficient (Wildman–Crippen LogP) is 3.54. The zero-order valence-corrected chi connectivity index (χ0v) is 17.1. The Morgan fingerprint density at radius 3 is 2.69 bits per heavy atom. The van der Waals surface area contributed by atoms with Crippen LogP contribution in [0, 0.1) is 6.92 Å². The van der Waals surface area contributed by atoms with Crippen molar-refractivity contribution in [2.45, 2.75) is 38.6 Å². The third-order valence-electron chi connectivity index (χ3n) is 5.71. The van der Waals surface area contributed by atoms with E-state index in [1.54, 1.807) is 25.1 Å². The number of imide groups is 1. The zero-order valence-electron chi connectivity index (χ0n) is 16.3. The number of urea groups is 1. The summed E-state index contributed by atoms with van der Waals surface area (Å²) in [7, 11) is 0. The topological polar surface area (TPSA) is 78.5 Å². The van der Waals surface area contributed by atoms with E-state index in [2.05, 4.69) is 10.6 Å². The Bertz CT molecular complexity index is 1040. The molecule has 1 aliphatic carbocycles. The number of amides is 4. The van der Waals surface area contributed by atoms with E-state index in [-0.39, 0.29) is 6.54 Å². The molecular formula is C22H22ClN3O3. The molecule has 0 radical (unpaired) electrons. The molecule has 2 aliphatic rings. The molecule has 1 aliphatic heterocycles. The molecule has 150 valence electrons. The number of halogens is 1. The van der Waals surface area contributed by atoms with Crippen LogP contribution in [0.4, 0.5) is 10.5 Å². The molecule has 1 heterocycles. The van der Waals surface area contributed by atoms with Crippen molar-refractivity contribution >= 4 is 35.1 Å². The van der Waals surface area contributed by atoms with Crippen molar-refractivity contribution in [2.24, 2.45) is 0 Å². The van der Waals surface area contributed by atoms with Gasteiger partial charge in [0.2, 0.25) is 5.91 Å². The molecule has 2 N–H and O–H groups in total. The molecule has 1 atom stereocenters. The van der Waals surface area contributed by atoms with Gasteiger partial charge < -0.3 is 10.6 Å². The highest BCUT2D eigenvalue weighted by Gasteiger charge is 2.49. The molecule has 0 aromatic heterocycles. The number of carbonyl (C=O) groups excluding carboxylic acids is 3. The second-order valence-corrected chi connectivity index (χ2v) is 8.20. The van der Waals surface area contributed by atoms with E-state index >= 15 is 0 Å². The quantitative estimate of drug-likeness (QED) is 0.755. The number of benzene rings is 2. The van der Waals surface area contributed by atoms with E-state index in [0.717, 1.165) is 35.3 Å². The van der Waals surface area contributed by atoms with Gasteiger partial charge in [0.25, 0.3) is 5.91 Å². The normalized spacial score (nSPS) is 20.6.